The van der Waals surface area contributed by atoms with Crippen molar-refractivity contribution in [2.45, 2.75) is 58.4 Å². The van der Waals surface area contributed by atoms with Crippen LogP contribution in [0.25, 0.3) is 0 Å². The molecule has 0 heterocycles. The van der Waals surface area contributed by atoms with E-state index in [1.54, 1.807) is 11.8 Å². The van der Waals surface area contributed by atoms with Crippen molar-refractivity contribution < 1.29 is 4.79 Å². The van der Waals surface area contributed by atoms with Crippen LogP contribution in [-0.4, -0.2) is 29.2 Å². The summed E-state index contributed by atoms with van der Waals surface area (Å²) in [6.45, 7) is 4.47. The van der Waals surface area contributed by atoms with E-state index in [4.69, 9.17) is 0 Å². The van der Waals surface area contributed by atoms with E-state index in [1.807, 2.05) is 0 Å². The monoisotopic (exact) mass is 289 g/mol. The van der Waals surface area contributed by atoms with Gasteiger partial charge in [-0.1, -0.05) is 26.7 Å². The molecule has 0 saturated heterocycles. The van der Waals surface area contributed by atoms with Gasteiger partial charge in [0.25, 0.3) is 0 Å². The first kappa shape index (κ1) is 16.2. The zero-order chi connectivity index (χ0) is 13.4. The number of thiol groups is 1. The number of hydrogen-bond donors (Lipinski definition) is 2. The van der Waals surface area contributed by atoms with Gasteiger partial charge in [0.15, 0.2) is 0 Å². The molecule has 1 amide bonds. The Balaban J connectivity index is 2.28. The SMILES string of the molecule is CCCC(CS)(CCC)CSCC(=O)NC1CC1. The molecule has 2 nitrogen and oxygen atoms in total. The Morgan fingerprint density at radius 3 is 2.39 bits per heavy atom. The largest absolute Gasteiger partial charge is 0.353 e. The fraction of sp³-hybridized carbons (Fsp3) is 0.929. The van der Waals surface area contributed by atoms with Crippen LogP contribution in [0.5, 0.6) is 0 Å². The molecule has 0 spiro atoms. The quantitative estimate of drug-likeness (QED) is 0.603. The first-order valence-electron chi connectivity index (χ1n) is 7.13. The van der Waals surface area contributed by atoms with Gasteiger partial charge >= 0.3 is 0 Å². The lowest BCUT2D eigenvalue weighted by Gasteiger charge is -2.31. The predicted molar refractivity (Wildman–Crippen MR) is 84.6 cm³/mol. The van der Waals surface area contributed by atoms with E-state index in [9.17, 15) is 4.79 Å². The number of thioether (sulfide) groups is 1. The highest BCUT2D eigenvalue weighted by molar-refractivity contribution is 8.00. The van der Waals surface area contributed by atoms with Crippen LogP contribution in [0.3, 0.4) is 0 Å². The minimum absolute atomic E-state index is 0.212. The lowest BCUT2D eigenvalue weighted by molar-refractivity contribution is -0.118. The summed E-state index contributed by atoms with van der Waals surface area (Å²) in [5, 5.41) is 3.04. The van der Waals surface area contributed by atoms with Gasteiger partial charge in [-0.15, -0.1) is 0 Å². The van der Waals surface area contributed by atoms with Gasteiger partial charge in [0, 0.05) is 11.8 Å². The van der Waals surface area contributed by atoms with E-state index < -0.39 is 0 Å². The Labute approximate surface area is 121 Å². The Kier molecular flexibility index (Phi) is 7.54. The maximum Gasteiger partial charge on any atom is 0.230 e. The third-order valence-electron chi connectivity index (χ3n) is 3.48. The second-order valence-electron chi connectivity index (χ2n) is 5.49. The summed E-state index contributed by atoms with van der Waals surface area (Å²) in [6.07, 6.45) is 7.19. The smallest absolute Gasteiger partial charge is 0.230 e. The highest BCUT2D eigenvalue weighted by atomic mass is 32.2. The number of hydrogen-bond acceptors (Lipinski definition) is 3. The van der Waals surface area contributed by atoms with Crippen molar-refractivity contribution in [1.29, 1.82) is 0 Å². The van der Waals surface area contributed by atoms with Crippen molar-refractivity contribution in [1.82, 2.24) is 5.32 Å². The predicted octanol–water partition coefficient (Wildman–Crippen LogP) is 3.51. The summed E-state index contributed by atoms with van der Waals surface area (Å²) < 4.78 is 0. The van der Waals surface area contributed by atoms with Gasteiger partial charge in [0.2, 0.25) is 5.91 Å². The fourth-order valence-electron chi connectivity index (χ4n) is 2.39. The van der Waals surface area contributed by atoms with Crippen LogP contribution in [0.1, 0.15) is 52.4 Å². The van der Waals surface area contributed by atoms with Crippen molar-refractivity contribution in [2.24, 2.45) is 5.41 Å². The molecule has 0 aliphatic heterocycles. The van der Waals surface area contributed by atoms with Crippen molar-refractivity contribution in [3.8, 4) is 0 Å². The van der Waals surface area contributed by atoms with Crippen LogP contribution < -0.4 is 5.32 Å². The molecule has 1 aliphatic carbocycles. The molecule has 106 valence electrons. The van der Waals surface area contributed by atoms with Crippen LogP contribution >= 0.6 is 24.4 Å². The lowest BCUT2D eigenvalue weighted by atomic mass is 9.83. The van der Waals surface area contributed by atoms with Gasteiger partial charge in [0.1, 0.15) is 0 Å². The highest BCUT2D eigenvalue weighted by Gasteiger charge is 2.27. The van der Waals surface area contributed by atoms with Gasteiger partial charge in [0.05, 0.1) is 5.75 Å². The van der Waals surface area contributed by atoms with Crippen LogP contribution in [0.15, 0.2) is 0 Å². The summed E-state index contributed by atoms with van der Waals surface area (Å²) in [5.41, 5.74) is 0.330. The Bertz CT molecular complexity index is 248. The molecule has 0 aromatic heterocycles. The third-order valence-corrected chi connectivity index (χ3v) is 5.43. The molecule has 0 aromatic rings. The lowest BCUT2D eigenvalue weighted by Crippen LogP contribution is -2.30. The molecular formula is C14H27NOS2. The normalized spacial score (nSPS) is 15.7. The molecule has 1 N–H and O–H groups in total. The van der Waals surface area contributed by atoms with Gasteiger partial charge in [-0.2, -0.15) is 24.4 Å². The van der Waals surface area contributed by atoms with Gasteiger partial charge < -0.3 is 5.32 Å². The average Bonchev–Trinajstić information content (AvgIpc) is 3.13. The molecular weight excluding hydrogens is 262 g/mol. The number of amides is 1. The number of carbonyl (C=O) groups excluding carboxylic acids is 1. The van der Waals surface area contributed by atoms with E-state index in [-0.39, 0.29) is 5.91 Å². The van der Waals surface area contributed by atoms with Crippen molar-refractivity contribution in [3.63, 3.8) is 0 Å². The van der Waals surface area contributed by atoms with Gasteiger partial charge in [-0.3, -0.25) is 4.79 Å². The Morgan fingerprint density at radius 1 is 1.33 bits per heavy atom. The molecule has 18 heavy (non-hydrogen) atoms. The highest BCUT2D eigenvalue weighted by Crippen LogP contribution is 2.35. The molecule has 0 radical (unpaired) electrons. The number of nitrogens with one attached hydrogen (secondary N) is 1. The molecule has 1 aliphatic rings. The summed E-state index contributed by atoms with van der Waals surface area (Å²) in [5.74, 6) is 2.82. The maximum absolute atomic E-state index is 11.6. The number of rotatable bonds is 10. The van der Waals surface area contributed by atoms with E-state index in [0.717, 1.165) is 11.5 Å². The van der Waals surface area contributed by atoms with Gasteiger partial charge in [-0.25, -0.2) is 0 Å². The molecule has 0 unspecified atom stereocenters. The summed E-state index contributed by atoms with van der Waals surface area (Å²) in [7, 11) is 0. The average molecular weight is 290 g/mol. The topological polar surface area (TPSA) is 29.1 Å². The summed E-state index contributed by atoms with van der Waals surface area (Å²) >= 11 is 6.33. The van der Waals surface area contributed by atoms with Crippen LogP contribution in [0.2, 0.25) is 0 Å². The summed E-state index contributed by atoms with van der Waals surface area (Å²) in [4.78, 5) is 11.6. The van der Waals surface area contributed by atoms with E-state index in [0.29, 0.717) is 17.2 Å². The van der Waals surface area contributed by atoms with Crippen LogP contribution in [0.4, 0.5) is 0 Å². The maximum atomic E-state index is 11.6. The zero-order valence-corrected chi connectivity index (χ0v) is 13.4. The molecule has 1 rings (SSSR count). The standard InChI is InChI=1S/C14H27NOS2/c1-3-7-14(10-17,8-4-2)11-18-9-13(16)15-12-5-6-12/h12,17H,3-11H2,1-2H3,(H,15,16). The molecule has 4 heteroatoms. The van der Waals surface area contributed by atoms with Crippen LogP contribution in [0, 0.1) is 5.41 Å². The molecule has 1 fully saturated rings. The van der Waals surface area contributed by atoms with Crippen LogP contribution in [-0.2, 0) is 4.79 Å². The third kappa shape index (κ3) is 5.87. The zero-order valence-electron chi connectivity index (χ0n) is 11.7. The first-order chi connectivity index (χ1) is 8.65. The van der Waals surface area contributed by atoms with Gasteiger partial charge in [-0.05, 0) is 36.9 Å². The molecule has 0 aromatic carbocycles. The Morgan fingerprint density at radius 2 is 1.94 bits per heavy atom. The fourth-order valence-corrected chi connectivity index (χ4v) is 4.16. The van der Waals surface area contributed by atoms with E-state index in [2.05, 4.69) is 31.8 Å². The second-order valence-corrected chi connectivity index (χ2v) is 6.79. The van der Waals surface area contributed by atoms with E-state index in [1.165, 1.54) is 38.5 Å². The van der Waals surface area contributed by atoms with Crippen molar-refractivity contribution in [2.75, 3.05) is 17.3 Å². The minimum atomic E-state index is 0.212. The van der Waals surface area contributed by atoms with E-state index >= 15 is 0 Å². The molecule has 1 saturated carbocycles. The summed E-state index contributed by atoms with van der Waals surface area (Å²) in [6, 6.07) is 0.485. The number of carbonyl (C=O) groups is 1. The second kappa shape index (κ2) is 8.36. The molecule has 0 bridgehead atoms. The Hall–Kier alpha value is 0.170. The molecule has 0 atom stereocenters. The van der Waals surface area contributed by atoms with Crippen molar-refractivity contribution >= 4 is 30.3 Å². The minimum Gasteiger partial charge on any atom is -0.353 e. The first-order valence-corrected chi connectivity index (χ1v) is 8.92. The van der Waals surface area contributed by atoms with Crippen molar-refractivity contribution in [3.05, 3.63) is 0 Å².